The SMILES string of the molecule is Br.Oc1ccccc1CNCCCCC[P+](c1ccccc1)(c1ccccc1)c1ccccc1. The molecule has 4 aromatic carbocycles. The highest BCUT2D eigenvalue weighted by Gasteiger charge is 2.44. The van der Waals surface area contributed by atoms with Crippen LogP contribution in [0.15, 0.2) is 115 Å². The topological polar surface area (TPSA) is 32.3 Å². The Balaban J connectivity index is 0.00000324. The van der Waals surface area contributed by atoms with Gasteiger partial charge in [0.15, 0.2) is 0 Å². The third-order valence-corrected chi connectivity index (χ3v) is 10.8. The van der Waals surface area contributed by atoms with Crippen LogP contribution in [0.25, 0.3) is 0 Å². The van der Waals surface area contributed by atoms with Gasteiger partial charge in [-0.3, -0.25) is 0 Å². The second kappa shape index (κ2) is 13.4. The Morgan fingerprint density at radius 2 is 1.03 bits per heavy atom. The average Bonchev–Trinajstić information content (AvgIpc) is 2.88. The molecule has 0 saturated heterocycles. The minimum Gasteiger partial charge on any atom is -0.508 e. The van der Waals surface area contributed by atoms with Gasteiger partial charge < -0.3 is 10.4 Å². The number of phenolic OH excluding ortho intramolecular Hbond substituents is 1. The first-order valence-electron chi connectivity index (χ1n) is 11.8. The highest BCUT2D eigenvalue weighted by molar-refractivity contribution is 8.93. The van der Waals surface area contributed by atoms with Crippen molar-refractivity contribution in [2.24, 2.45) is 0 Å². The van der Waals surface area contributed by atoms with Gasteiger partial charge >= 0.3 is 0 Å². The van der Waals surface area contributed by atoms with Crippen LogP contribution in [0.3, 0.4) is 0 Å². The van der Waals surface area contributed by atoms with E-state index in [1.165, 1.54) is 34.9 Å². The summed E-state index contributed by atoms with van der Waals surface area (Å²) in [6.45, 7) is 1.67. The van der Waals surface area contributed by atoms with Gasteiger partial charge in [0.2, 0.25) is 0 Å². The zero-order chi connectivity index (χ0) is 22.8. The van der Waals surface area contributed by atoms with Gasteiger partial charge in [-0.2, -0.15) is 0 Å². The van der Waals surface area contributed by atoms with E-state index >= 15 is 0 Å². The van der Waals surface area contributed by atoms with Crippen molar-refractivity contribution in [2.75, 3.05) is 12.7 Å². The summed E-state index contributed by atoms with van der Waals surface area (Å²) in [4.78, 5) is 0. The first-order chi connectivity index (χ1) is 16.3. The van der Waals surface area contributed by atoms with Crippen LogP contribution >= 0.6 is 24.2 Å². The van der Waals surface area contributed by atoms with Gasteiger partial charge in [0.25, 0.3) is 0 Å². The molecule has 4 rings (SSSR count). The summed E-state index contributed by atoms with van der Waals surface area (Å²) < 4.78 is 0. The quantitative estimate of drug-likeness (QED) is 0.177. The van der Waals surface area contributed by atoms with Gasteiger partial charge in [0, 0.05) is 12.1 Å². The molecule has 0 amide bonds. The molecule has 0 spiro atoms. The zero-order valence-electron chi connectivity index (χ0n) is 19.5. The molecule has 0 heterocycles. The molecule has 0 aliphatic carbocycles. The zero-order valence-corrected chi connectivity index (χ0v) is 22.1. The number of benzene rings is 4. The molecule has 0 fully saturated rings. The summed E-state index contributed by atoms with van der Waals surface area (Å²) in [7, 11) is -1.72. The predicted molar refractivity (Wildman–Crippen MR) is 154 cm³/mol. The maximum atomic E-state index is 9.93. The van der Waals surface area contributed by atoms with Crippen molar-refractivity contribution in [1.82, 2.24) is 5.32 Å². The predicted octanol–water partition coefficient (Wildman–Crippen LogP) is 6.22. The Morgan fingerprint density at radius 3 is 1.53 bits per heavy atom. The maximum absolute atomic E-state index is 9.93. The summed E-state index contributed by atoms with van der Waals surface area (Å²) in [5.74, 6) is 0.369. The van der Waals surface area contributed by atoms with Crippen LogP contribution < -0.4 is 21.2 Å². The number of halogens is 1. The molecular weight excluding hydrogens is 501 g/mol. The molecule has 176 valence electrons. The van der Waals surface area contributed by atoms with Gasteiger partial charge in [-0.25, -0.2) is 0 Å². The van der Waals surface area contributed by atoms with E-state index in [0.29, 0.717) is 12.3 Å². The molecular formula is C30H34BrNOP+. The largest absolute Gasteiger partial charge is 0.508 e. The van der Waals surface area contributed by atoms with Crippen LogP contribution in [0.1, 0.15) is 24.8 Å². The third-order valence-electron chi connectivity index (χ3n) is 6.25. The minimum atomic E-state index is -1.72. The second-order valence-electron chi connectivity index (χ2n) is 8.41. The van der Waals surface area contributed by atoms with Crippen molar-refractivity contribution < 1.29 is 5.11 Å². The number of hydrogen-bond acceptors (Lipinski definition) is 2. The number of unbranched alkanes of at least 4 members (excludes halogenated alkanes) is 2. The van der Waals surface area contributed by atoms with E-state index in [1.54, 1.807) is 6.07 Å². The van der Waals surface area contributed by atoms with Crippen LogP contribution in [0.2, 0.25) is 0 Å². The van der Waals surface area contributed by atoms with Gasteiger partial charge in [-0.1, -0.05) is 72.8 Å². The second-order valence-corrected chi connectivity index (χ2v) is 12.0. The highest BCUT2D eigenvalue weighted by Crippen LogP contribution is 2.55. The van der Waals surface area contributed by atoms with E-state index in [2.05, 4.69) is 96.3 Å². The van der Waals surface area contributed by atoms with Crippen LogP contribution in [0, 0.1) is 0 Å². The standard InChI is InChI=1S/C30H32NOP.BrH/c32-30-22-12-11-15-26(30)25-31-23-13-4-14-24-33(27-16-5-1-6-17-27,28-18-7-2-8-19-28)29-20-9-3-10-21-29;/h1-3,5-12,15-22,31H,4,13-14,23-25H2;1H/p+1. The van der Waals surface area contributed by atoms with Crippen molar-refractivity contribution in [2.45, 2.75) is 25.8 Å². The van der Waals surface area contributed by atoms with E-state index in [1.807, 2.05) is 18.2 Å². The molecule has 0 bridgehead atoms. The molecule has 0 saturated carbocycles. The third kappa shape index (κ3) is 6.36. The Morgan fingerprint density at radius 1 is 0.559 bits per heavy atom. The first-order valence-corrected chi connectivity index (χ1v) is 13.8. The lowest BCUT2D eigenvalue weighted by atomic mass is 10.2. The maximum Gasteiger partial charge on any atom is 0.120 e. The lowest BCUT2D eigenvalue weighted by Crippen LogP contribution is -2.33. The summed E-state index contributed by atoms with van der Waals surface area (Å²) in [6.07, 6.45) is 4.67. The normalized spacial score (nSPS) is 11.1. The highest BCUT2D eigenvalue weighted by atomic mass is 79.9. The molecule has 2 nitrogen and oxygen atoms in total. The lowest BCUT2D eigenvalue weighted by molar-refractivity contribution is 0.464. The molecule has 0 atom stereocenters. The molecule has 2 N–H and O–H groups in total. The van der Waals surface area contributed by atoms with Gasteiger partial charge in [-0.15, -0.1) is 17.0 Å². The van der Waals surface area contributed by atoms with Crippen molar-refractivity contribution in [3.05, 3.63) is 121 Å². The van der Waals surface area contributed by atoms with E-state index in [4.69, 9.17) is 0 Å². The number of aromatic hydroxyl groups is 1. The molecule has 0 aromatic heterocycles. The Hall–Kier alpha value is -2.45. The monoisotopic (exact) mass is 534 g/mol. The van der Waals surface area contributed by atoms with Crippen LogP contribution in [0.4, 0.5) is 0 Å². The van der Waals surface area contributed by atoms with Crippen LogP contribution in [0.5, 0.6) is 5.75 Å². The summed E-state index contributed by atoms with van der Waals surface area (Å²) in [5.41, 5.74) is 0.958. The van der Waals surface area contributed by atoms with E-state index in [-0.39, 0.29) is 17.0 Å². The number of nitrogens with one attached hydrogen (secondary N) is 1. The minimum absolute atomic E-state index is 0. The fourth-order valence-corrected chi connectivity index (χ4v) is 8.95. The van der Waals surface area contributed by atoms with Crippen molar-refractivity contribution in [1.29, 1.82) is 0 Å². The van der Waals surface area contributed by atoms with E-state index in [9.17, 15) is 5.11 Å². The smallest absolute Gasteiger partial charge is 0.120 e. The molecule has 0 radical (unpaired) electrons. The molecule has 0 aliphatic heterocycles. The van der Waals surface area contributed by atoms with Gasteiger partial charge in [0.05, 0.1) is 6.16 Å². The fourth-order valence-electron chi connectivity index (χ4n) is 4.54. The van der Waals surface area contributed by atoms with Gasteiger partial charge in [0.1, 0.15) is 28.9 Å². The molecule has 4 heteroatoms. The molecule has 4 aromatic rings. The molecule has 0 unspecified atom stereocenters. The van der Waals surface area contributed by atoms with E-state index < -0.39 is 7.26 Å². The van der Waals surface area contributed by atoms with Crippen LogP contribution in [-0.2, 0) is 6.54 Å². The van der Waals surface area contributed by atoms with Crippen molar-refractivity contribution in [3.8, 4) is 5.75 Å². The summed E-state index contributed by atoms with van der Waals surface area (Å²) >= 11 is 0. The summed E-state index contributed by atoms with van der Waals surface area (Å²) in [5, 5.41) is 17.8. The Kier molecular flexibility index (Phi) is 10.3. The number of hydrogen-bond donors (Lipinski definition) is 2. The lowest BCUT2D eigenvalue weighted by Gasteiger charge is -2.27. The first kappa shape index (κ1) is 26.2. The number of rotatable bonds is 11. The Labute approximate surface area is 215 Å². The molecule has 34 heavy (non-hydrogen) atoms. The van der Waals surface area contributed by atoms with E-state index in [0.717, 1.165) is 18.5 Å². The number of phenols is 1. The van der Waals surface area contributed by atoms with Crippen molar-refractivity contribution >= 4 is 40.2 Å². The van der Waals surface area contributed by atoms with Gasteiger partial charge in [-0.05, 0) is 68.3 Å². The fraction of sp³-hybridized carbons (Fsp3) is 0.200. The Bertz CT molecular complexity index is 1010. The molecule has 0 aliphatic rings. The van der Waals surface area contributed by atoms with Crippen molar-refractivity contribution in [3.63, 3.8) is 0 Å². The summed E-state index contributed by atoms with van der Waals surface area (Å²) in [6, 6.07) is 40.9. The average molecular weight is 535 g/mol. The number of para-hydroxylation sites is 1. The van der Waals surface area contributed by atoms with Crippen LogP contribution in [-0.4, -0.2) is 17.8 Å².